The molecule has 2 heterocycles. The third-order valence-corrected chi connectivity index (χ3v) is 4.27. The van der Waals surface area contributed by atoms with Gasteiger partial charge in [0.15, 0.2) is 0 Å². The lowest BCUT2D eigenvalue weighted by Gasteiger charge is -2.34. The molecule has 1 aromatic carbocycles. The molecule has 2 fully saturated rings. The molecule has 0 saturated carbocycles. The van der Waals surface area contributed by atoms with Gasteiger partial charge in [0.05, 0.1) is 13.2 Å². The Bertz CT molecular complexity index is 514. The minimum absolute atomic E-state index is 0.124. The fraction of sp³-hybridized carbons (Fsp3) is 0.562. The molecule has 2 N–H and O–H groups in total. The number of morpholine rings is 1. The second kappa shape index (κ2) is 7.17. The Hall–Kier alpha value is -1.50. The predicted molar refractivity (Wildman–Crippen MR) is 81.0 cm³/mol. The van der Waals surface area contributed by atoms with Crippen LogP contribution in [0, 0.1) is 5.82 Å². The Morgan fingerprint density at radius 1 is 1.36 bits per heavy atom. The summed E-state index contributed by atoms with van der Waals surface area (Å²) in [5, 5.41) is 6.28. The average molecular weight is 307 g/mol. The molecule has 6 heteroatoms. The van der Waals surface area contributed by atoms with Crippen LogP contribution in [0.2, 0.25) is 0 Å². The summed E-state index contributed by atoms with van der Waals surface area (Å²) in [5.41, 5.74) is 0.438. The Morgan fingerprint density at radius 3 is 2.82 bits per heavy atom. The lowest BCUT2D eigenvalue weighted by Crippen LogP contribution is -2.48. The van der Waals surface area contributed by atoms with Crippen LogP contribution in [-0.2, 0) is 9.53 Å². The number of amides is 1. The van der Waals surface area contributed by atoms with Crippen LogP contribution in [-0.4, -0.2) is 56.2 Å². The summed E-state index contributed by atoms with van der Waals surface area (Å²) in [6.07, 6.45) is 0.916. The number of nitrogens with one attached hydrogen (secondary N) is 2. The molecular weight excluding hydrogens is 285 g/mol. The third-order valence-electron chi connectivity index (χ3n) is 4.27. The maximum absolute atomic E-state index is 14.2. The first-order valence-corrected chi connectivity index (χ1v) is 7.83. The number of nitrogens with zero attached hydrogens (tertiary/aromatic N) is 1. The van der Waals surface area contributed by atoms with Crippen molar-refractivity contribution in [3.63, 3.8) is 0 Å². The molecule has 2 unspecified atom stereocenters. The third kappa shape index (κ3) is 3.45. The van der Waals surface area contributed by atoms with E-state index in [-0.39, 0.29) is 17.8 Å². The molecule has 2 aliphatic rings. The van der Waals surface area contributed by atoms with Crippen molar-refractivity contribution in [2.75, 3.05) is 39.4 Å². The highest BCUT2D eigenvalue weighted by atomic mass is 19.1. The van der Waals surface area contributed by atoms with Crippen LogP contribution >= 0.6 is 0 Å². The molecule has 0 aromatic heterocycles. The van der Waals surface area contributed by atoms with Gasteiger partial charge in [0.1, 0.15) is 11.9 Å². The zero-order chi connectivity index (χ0) is 15.4. The second-order valence-electron chi connectivity index (χ2n) is 5.77. The smallest absolute Gasteiger partial charge is 0.242 e. The first-order valence-electron chi connectivity index (χ1n) is 7.83. The molecule has 2 saturated heterocycles. The number of rotatable bonds is 4. The van der Waals surface area contributed by atoms with Crippen molar-refractivity contribution >= 4 is 5.91 Å². The number of hydrogen-bond donors (Lipinski definition) is 2. The van der Waals surface area contributed by atoms with E-state index in [9.17, 15) is 9.18 Å². The maximum Gasteiger partial charge on any atom is 0.242 e. The highest BCUT2D eigenvalue weighted by Crippen LogP contribution is 2.25. The maximum atomic E-state index is 14.2. The molecule has 1 amide bonds. The van der Waals surface area contributed by atoms with Gasteiger partial charge in [-0.05, 0) is 19.0 Å². The average Bonchev–Trinajstić information content (AvgIpc) is 3.03. The van der Waals surface area contributed by atoms with Crippen LogP contribution in [0.5, 0.6) is 0 Å². The van der Waals surface area contributed by atoms with Gasteiger partial charge in [-0.3, -0.25) is 9.69 Å². The second-order valence-corrected chi connectivity index (χ2v) is 5.77. The van der Waals surface area contributed by atoms with Crippen LogP contribution in [0.1, 0.15) is 18.0 Å². The summed E-state index contributed by atoms with van der Waals surface area (Å²) in [6, 6.07) is 6.06. The van der Waals surface area contributed by atoms with Gasteiger partial charge < -0.3 is 15.4 Å². The number of halogens is 1. The van der Waals surface area contributed by atoms with Gasteiger partial charge in [-0.2, -0.15) is 0 Å². The Morgan fingerprint density at radius 2 is 2.14 bits per heavy atom. The largest absolute Gasteiger partial charge is 0.379 e. The number of hydrogen-bond acceptors (Lipinski definition) is 4. The van der Waals surface area contributed by atoms with Crippen molar-refractivity contribution in [1.29, 1.82) is 0 Å². The van der Waals surface area contributed by atoms with Crippen molar-refractivity contribution in [2.24, 2.45) is 0 Å². The van der Waals surface area contributed by atoms with Crippen molar-refractivity contribution in [3.05, 3.63) is 35.6 Å². The molecule has 5 nitrogen and oxygen atoms in total. The fourth-order valence-corrected chi connectivity index (χ4v) is 3.09. The molecule has 0 spiro atoms. The van der Waals surface area contributed by atoms with E-state index in [2.05, 4.69) is 10.6 Å². The highest BCUT2D eigenvalue weighted by molar-refractivity contribution is 5.83. The van der Waals surface area contributed by atoms with Gasteiger partial charge in [-0.15, -0.1) is 0 Å². The van der Waals surface area contributed by atoms with Crippen LogP contribution in [0.15, 0.2) is 24.3 Å². The van der Waals surface area contributed by atoms with E-state index in [1.54, 1.807) is 18.2 Å². The van der Waals surface area contributed by atoms with Crippen molar-refractivity contribution < 1.29 is 13.9 Å². The van der Waals surface area contributed by atoms with Gasteiger partial charge in [0.25, 0.3) is 0 Å². The number of ether oxygens (including phenoxy) is 1. The summed E-state index contributed by atoms with van der Waals surface area (Å²) >= 11 is 0. The highest BCUT2D eigenvalue weighted by Gasteiger charge is 2.32. The van der Waals surface area contributed by atoms with Gasteiger partial charge >= 0.3 is 0 Å². The van der Waals surface area contributed by atoms with Gasteiger partial charge in [0, 0.05) is 31.2 Å². The fourth-order valence-electron chi connectivity index (χ4n) is 3.09. The Balaban J connectivity index is 1.81. The normalized spacial score (nSPS) is 24.1. The SMILES string of the molecule is O=C(NC1CCNC1)C(c1ccccc1F)N1CCOCC1. The minimum Gasteiger partial charge on any atom is -0.379 e. The van der Waals surface area contributed by atoms with E-state index in [1.807, 2.05) is 4.90 Å². The Labute approximate surface area is 129 Å². The van der Waals surface area contributed by atoms with Crippen molar-refractivity contribution in [3.8, 4) is 0 Å². The van der Waals surface area contributed by atoms with Crippen molar-refractivity contribution in [2.45, 2.75) is 18.5 Å². The lowest BCUT2D eigenvalue weighted by atomic mass is 10.0. The summed E-state index contributed by atoms with van der Waals surface area (Å²) in [4.78, 5) is 14.8. The first kappa shape index (κ1) is 15.4. The van der Waals surface area contributed by atoms with E-state index < -0.39 is 6.04 Å². The molecule has 2 aliphatic heterocycles. The van der Waals surface area contributed by atoms with E-state index in [1.165, 1.54) is 6.07 Å². The number of benzene rings is 1. The van der Waals surface area contributed by atoms with E-state index in [0.717, 1.165) is 19.5 Å². The van der Waals surface area contributed by atoms with Gasteiger partial charge in [0.2, 0.25) is 5.91 Å². The van der Waals surface area contributed by atoms with Gasteiger partial charge in [-0.25, -0.2) is 4.39 Å². The van der Waals surface area contributed by atoms with E-state index >= 15 is 0 Å². The van der Waals surface area contributed by atoms with Crippen LogP contribution < -0.4 is 10.6 Å². The topological polar surface area (TPSA) is 53.6 Å². The summed E-state index contributed by atoms with van der Waals surface area (Å²) in [6.45, 7) is 4.10. The van der Waals surface area contributed by atoms with E-state index in [4.69, 9.17) is 4.74 Å². The summed E-state index contributed by atoms with van der Waals surface area (Å²) < 4.78 is 19.6. The molecule has 0 radical (unpaired) electrons. The summed E-state index contributed by atoms with van der Waals surface area (Å²) in [7, 11) is 0. The van der Waals surface area contributed by atoms with Crippen molar-refractivity contribution in [1.82, 2.24) is 15.5 Å². The Kier molecular flexibility index (Phi) is 5.02. The number of carbonyl (C=O) groups excluding carboxylic acids is 1. The predicted octanol–water partition coefficient (Wildman–Crippen LogP) is 0.677. The minimum atomic E-state index is -0.592. The molecule has 0 aliphatic carbocycles. The van der Waals surface area contributed by atoms with Crippen LogP contribution in [0.4, 0.5) is 4.39 Å². The van der Waals surface area contributed by atoms with E-state index in [0.29, 0.717) is 31.9 Å². The first-order chi connectivity index (χ1) is 10.8. The summed E-state index contributed by atoms with van der Waals surface area (Å²) in [5.74, 6) is -0.459. The monoisotopic (exact) mass is 307 g/mol. The molecule has 3 rings (SSSR count). The molecule has 0 bridgehead atoms. The molecule has 22 heavy (non-hydrogen) atoms. The quantitative estimate of drug-likeness (QED) is 0.859. The zero-order valence-electron chi connectivity index (χ0n) is 12.6. The standard InChI is InChI=1S/C16H22FN3O2/c17-14-4-2-1-3-13(14)15(20-7-9-22-10-8-20)16(21)19-12-5-6-18-11-12/h1-4,12,15,18H,5-11H2,(H,19,21). The van der Waals surface area contributed by atoms with Crippen LogP contribution in [0.3, 0.4) is 0 Å². The molecule has 1 aromatic rings. The van der Waals surface area contributed by atoms with Crippen LogP contribution in [0.25, 0.3) is 0 Å². The van der Waals surface area contributed by atoms with Gasteiger partial charge in [-0.1, -0.05) is 18.2 Å². The number of carbonyl (C=O) groups is 1. The zero-order valence-corrected chi connectivity index (χ0v) is 12.6. The lowest BCUT2D eigenvalue weighted by molar-refractivity contribution is -0.129. The molecular formula is C16H22FN3O2. The molecule has 120 valence electrons. The molecule has 2 atom stereocenters.